The molecule has 1 aliphatic heterocycles. The zero-order valence-corrected chi connectivity index (χ0v) is 12.1. The second-order valence-electron chi connectivity index (χ2n) is 4.98. The van der Waals surface area contributed by atoms with Gasteiger partial charge in [-0.2, -0.15) is 0 Å². The number of aromatic nitrogens is 1. The van der Waals surface area contributed by atoms with Crippen molar-refractivity contribution in [1.82, 2.24) is 15.2 Å². The van der Waals surface area contributed by atoms with Gasteiger partial charge in [0.25, 0.3) is 5.91 Å². The first-order valence-electron chi connectivity index (χ1n) is 6.51. The zero-order chi connectivity index (χ0) is 13.1. The molecule has 1 amide bonds. The molecule has 0 saturated carbocycles. The molecule has 1 N–H and O–H groups in total. The summed E-state index contributed by atoms with van der Waals surface area (Å²) in [5.74, 6) is 0.102. The van der Waals surface area contributed by atoms with E-state index in [-0.39, 0.29) is 5.91 Å². The Balaban J connectivity index is 1.97. The SMILES string of the molecule is Cc1nc(C)c(C(=O)N(C)CC2CCCCN2)s1. The Morgan fingerprint density at radius 2 is 2.28 bits per heavy atom. The monoisotopic (exact) mass is 267 g/mol. The summed E-state index contributed by atoms with van der Waals surface area (Å²) in [6.45, 7) is 5.71. The van der Waals surface area contributed by atoms with Crippen LogP contribution >= 0.6 is 11.3 Å². The molecule has 18 heavy (non-hydrogen) atoms. The number of thiazole rings is 1. The first-order valence-corrected chi connectivity index (χ1v) is 7.32. The highest BCUT2D eigenvalue weighted by Gasteiger charge is 2.21. The van der Waals surface area contributed by atoms with Crippen molar-refractivity contribution in [3.05, 3.63) is 15.6 Å². The molecule has 0 spiro atoms. The van der Waals surface area contributed by atoms with E-state index in [1.807, 2.05) is 25.8 Å². The first-order chi connectivity index (χ1) is 8.58. The maximum absolute atomic E-state index is 12.3. The van der Waals surface area contributed by atoms with E-state index in [4.69, 9.17) is 0 Å². The van der Waals surface area contributed by atoms with E-state index in [9.17, 15) is 4.79 Å². The Bertz CT molecular complexity index is 424. The number of nitrogens with zero attached hydrogens (tertiary/aromatic N) is 2. The number of amides is 1. The van der Waals surface area contributed by atoms with Crippen LogP contribution in [0.5, 0.6) is 0 Å². The van der Waals surface area contributed by atoms with Crippen molar-refractivity contribution in [3.8, 4) is 0 Å². The highest BCUT2D eigenvalue weighted by Crippen LogP contribution is 2.19. The van der Waals surface area contributed by atoms with Crippen molar-refractivity contribution in [2.45, 2.75) is 39.2 Å². The van der Waals surface area contributed by atoms with Crippen LogP contribution in [0, 0.1) is 13.8 Å². The minimum absolute atomic E-state index is 0.102. The maximum Gasteiger partial charge on any atom is 0.265 e. The second-order valence-corrected chi connectivity index (χ2v) is 6.18. The van der Waals surface area contributed by atoms with Crippen LogP contribution < -0.4 is 5.32 Å². The Morgan fingerprint density at radius 3 is 2.83 bits per heavy atom. The van der Waals surface area contributed by atoms with Gasteiger partial charge in [0, 0.05) is 19.6 Å². The summed E-state index contributed by atoms with van der Waals surface area (Å²) in [5.41, 5.74) is 0.853. The molecule has 0 aliphatic carbocycles. The van der Waals surface area contributed by atoms with E-state index < -0.39 is 0 Å². The molecule has 5 heteroatoms. The standard InChI is InChI=1S/C13H21N3OS/c1-9-12(18-10(2)15-9)13(17)16(3)8-11-6-4-5-7-14-11/h11,14H,4-8H2,1-3H3. The molecule has 1 aliphatic rings. The minimum Gasteiger partial charge on any atom is -0.339 e. The molecule has 1 aromatic rings. The largest absolute Gasteiger partial charge is 0.339 e. The van der Waals surface area contributed by atoms with Crippen molar-refractivity contribution in [3.63, 3.8) is 0 Å². The number of carbonyl (C=O) groups is 1. The van der Waals surface area contributed by atoms with Crippen molar-refractivity contribution in [2.24, 2.45) is 0 Å². The van der Waals surface area contributed by atoms with E-state index in [1.54, 1.807) is 0 Å². The van der Waals surface area contributed by atoms with E-state index in [2.05, 4.69) is 10.3 Å². The first kappa shape index (κ1) is 13.5. The number of aryl methyl sites for hydroxylation is 2. The fraction of sp³-hybridized carbons (Fsp3) is 0.692. The lowest BCUT2D eigenvalue weighted by atomic mass is 10.0. The van der Waals surface area contributed by atoms with Gasteiger partial charge in [-0.1, -0.05) is 6.42 Å². The van der Waals surface area contributed by atoms with Crippen LogP contribution in [0.15, 0.2) is 0 Å². The predicted octanol–water partition coefficient (Wildman–Crippen LogP) is 1.97. The minimum atomic E-state index is 0.102. The smallest absolute Gasteiger partial charge is 0.265 e. The molecule has 1 unspecified atom stereocenters. The van der Waals surface area contributed by atoms with Gasteiger partial charge >= 0.3 is 0 Å². The summed E-state index contributed by atoms with van der Waals surface area (Å²) >= 11 is 1.49. The van der Waals surface area contributed by atoms with E-state index in [0.29, 0.717) is 6.04 Å². The van der Waals surface area contributed by atoms with Crippen LogP contribution in [0.25, 0.3) is 0 Å². The number of rotatable bonds is 3. The fourth-order valence-electron chi connectivity index (χ4n) is 2.40. The topological polar surface area (TPSA) is 45.2 Å². The van der Waals surface area contributed by atoms with Crippen molar-refractivity contribution >= 4 is 17.2 Å². The quantitative estimate of drug-likeness (QED) is 0.911. The fourth-order valence-corrected chi connectivity index (χ4v) is 3.31. The molecule has 0 radical (unpaired) electrons. The van der Waals surface area contributed by atoms with Gasteiger partial charge in [-0.3, -0.25) is 4.79 Å². The van der Waals surface area contributed by atoms with Gasteiger partial charge in [0.15, 0.2) is 0 Å². The lowest BCUT2D eigenvalue weighted by Crippen LogP contribution is -2.44. The number of carbonyl (C=O) groups excluding carboxylic acids is 1. The normalized spacial score (nSPS) is 19.8. The number of nitrogens with one attached hydrogen (secondary N) is 1. The molecule has 1 fully saturated rings. The maximum atomic E-state index is 12.3. The molecule has 2 heterocycles. The summed E-state index contributed by atoms with van der Waals surface area (Å²) in [6, 6.07) is 0.446. The third-order valence-corrected chi connectivity index (χ3v) is 4.41. The average Bonchev–Trinajstić information content (AvgIpc) is 2.68. The zero-order valence-electron chi connectivity index (χ0n) is 11.3. The van der Waals surface area contributed by atoms with Gasteiger partial charge in [-0.25, -0.2) is 4.98 Å². The van der Waals surface area contributed by atoms with Crippen molar-refractivity contribution < 1.29 is 4.79 Å². The van der Waals surface area contributed by atoms with Crippen LogP contribution in [0.3, 0.4) is 0 Å². The Hall–Kier alpha value is -0.940. The molecule has 0 bridgehead atoms. The summed E-state index contributed by atoms with van der Waals surface area (Å²) in [6.07, 6.45) is 3.68. The Kier molecular flexibility index (Phi) is 4.35. The number of likely N-dealkylation sites (N-methyl/N-ethyl adjacent to an activating group) is 1. The Morgan fingerprint density at radius 1 is 1.50 bits per heavy atom. The summed E-state index contributed by atoms with van der Waals surface area (Å²) < 4.78 is 0. The van der Waals surface area contributed by atoms with Crippen LogP contribution in [0.2, 0.25) is 0 Å². The number of hydrogen-bond acceptors (Lipinski definition) is 4. The van der Waals surface area contributed by atoms with Gasteiger partial charge in [0.1, 0.15) is 4.88 Å². The van der Waals surface area contributed by atoms with Gasteiger partial charge < -0.3 is 10.2 Å². The van der Waals surface area contributed by atoms with Gasteiger partial charge in [-0.05, 0) is 33.2 Å². The van der Waals surface area contributed by atoms with Crippen molar-refractivity contribution in [1.29, 1.82) is 0 Å². The third-order valence-electron chi connectivity index (χ3n) is 3.35. The second kappa shape index (κ2) is 5.80. The molecule has 2 rings (SSSR count). The molecule has 0 aromatic carbocycles. The molecular weight excluding hydrogens is 246 g/mol. The highest BCUT2D eigenvalue weighted by atomic mass is 32.1. The number of hydrogen-bond donors (Lipinski definition) is 1. The van der Waals surface area contributed by atoms with Crippen LogP contribution in [-0.4, -0.2) is 42.0 Å². The van der Waals surface area contributed by atoms with E-state index in [0.717, 1.165) is 28.7 Å². The molecule has 1 atom stereocenters. The van der Waals surface area contributed by atoms with Crippen LogP contribution in [-0.2, 0) is 0 Å². The predicted molar refractivity (Wildman–Crippen MR) is 74.2 cm³/mol. The van der Waals surface area contributed by atoms with Crippen LogP contribution in [0.1, 0.15) is 39.6 Å². The number of piperidine rings is 1. The van der Waals surface area contributed by atoms with Gasteiger partial charge in [0.05, 0.1) is 10.7 Å². The van der Waals surface area contributed by atoms with Gasteiger partial charge in [0.2, 0.25) is 0 Å². The van der Waals surface area contributed by atoms with E-state index in [1.165, 1.54) is 30.6 Å². The van der Waals surface area contributed by atoms with Crippen molar-refractivity contribution in [2.75, 3.05) is 20.1 Å². The third kappa shape index (κ3) is 3.09. The average molecular weight is 267 g/mol. The lowest BCUT2D eigenvalue weighted by Gasteiger charge is -2.28. The summed E-state index contributed by atoms with van der Waals surface area (Å²) in [7, 11) is 1.88. The molecule has 100 valence electrons. The van der Waals surface area contributed by atoms with E-state index >= 15 is 0 Å². The summed E-state index contributed by atoms with van der Waals surface area (Å²) in [5, 5.41) is 4.43. The highest BCUT2D eigenvalue weighted by molar-refractivity contribution is 7.13. The molecule has 1 aromatic heterocycles. The lowest BCUT2D eigenvalue weighted by molar-refractivity contribution is 0.0779. The molecule has 4 nitrogen and oxygen atoms in total. The molecular formula is C13H21N3OS. The van der Waals surface area contributed by atoms with Crippen LogP contribution in [0.4, 0.5) is 0 Å². The molecule has 1 saturated heterocycles. The summed E-state index contributed by atoms with van der Waals surface area (Å²) in [4.78, 5) is 19.2. The Labute approximate surface area is 112 Å². The van der Waals surface area contributed by atoms with Gasteiger partial charge in [-0.15, -0.1) is 11.3 Å².